The van der Waals surface area contributed by atoms with Crippen LogP contribution in [0, 0.1) is 20.8 Å². The average molecular weight is 448 g/mol. The monoisotopic (exact) mass is 447 g/mol. The molecule has 4 aromatic rings. The lowest BCUT2D eigenvalue weighted by Crippen LogP contribution is -2.30. The highest BCUT2D eigenvalue weighted by Gasteiger charge is 2.22. The molecule has 0 aliphatic rings. The van der Waals surface area contributed by atoms with Crippen LogP contribution in [0.2, 0.25) is 0 Å². The number of thiophene rings is 1. The Morgan fingerprint density at radius 3 is 2.34 bits per heavy atom. The minimum Gasteiger partial charge on any atom is -0.478 e. The molecule has 0 atom stereocenters. The van der Waals surface area contributed by atoms with E-state index in [-0.39, 0.29) is 17.5 Å². The molecule has 0 aliphatic heterocycles. The van der Waals surface area contributed by atoms with Crippen LogP contribution in [0.15, 0.2) is 52.6 Å². The highest BCUT2D eigenvalue weighted by atomic mass is 32.1. The first-order valence-corrected chi connectivity index (χ1v) is 10.8. The van der Waals surface area contributed by atoms with Crippen LogP contribution < -0.4 is 10.9 Å². The largest absolute Gasteiger partial charge is 0.478 e. The fourth-order valence-corrected chi connectivity index (χ4v) is 4.49. The summed E-state index contributed by atoms with van der Waals surface area (Å²) in [7, 11) is 0. The van der Waals surface area contributed by atoms with Crippen LogP contribution in [0.3, 0.4) is 0 Å². The molecule has 7 nitrogen and oxygen atoms in total. The summed E-state index contributed by atoms with van der Waals surface area (Å²) < 4.78 is 1.25. The quantitative estimate of drug-likeness (QED) is 0.473. The number of carboxylic acid groups (broad SMARTS) is 1. The number of aryl methyl sites for hydroxylation is 3. The minimum atomic E-state index is -1.20. The average Bonchev–Trinajstić information content (AvgIpc) is 3.18. The molecule has 0 saturated carbocycles. The van der Waals surface area contributed by atoms with E-state index in [1.807, 2.05) is 63.2 Å². The lowest BCUT2D eigenvalue weighted by atomic mass is 10.1. The van der Waals surface area contributed by atoms with E-state index in [4.69, 9.17) is 0 Å². The Morgan fingerprint density at radius 2 is 1.72 bits per heavy atom. The van der Waals surface area contributed by atoms with E-state index in [9.17, 15) is 19.5 Å². The molecule has 0 bridgehead atoms. The molecule has 32 heavy (non-hydrogen) atoms. The number of carbonyl (C=O) groups is 2. The summed E-state index contributed by atoms with van der Waals surface area (Å²) in [6, 6.07) is 13.1. The summed E-state index contributed by atoms with van der Waals surface area (Å²) in [5.41, 5.74) is 3.55. The second-order valence-electron chi connectivity index (χ2n) is 7.64. The fraction of sp³-hybridized carbons (Fsp3) is 0.167. The SMILES string of the molecule is Cc1ccc(-c2nc3scc(C(=O)O)c3c(=O)n2CC(=O)Nc2c(C)cccc2C)cc1. The number of anilines is 1. The smallest absolute Gasteiger partial charge is 0.337 e. The number of rotatable bonds is 5. The number of carbonyl (C=O) groups excluding carboxylic acids is 1. The van der Waals surface area contributed by atoms with Gasteiger partial charge in [-0.15, -0.1) is 11.3 Å². The van der Waals surface area contributed by atoms with Crippen LogP contribution in [0.4, 0.5) is 5.69 Å². The van der Waals surface area contributed by atoms with E-state index in [0.717, 1.165) is 28.0 Å². The van der Waals surface area contributed by atoms with Gasteiger partial charge in [-0.1, -0.05) is 48.0 Å². The van der Waals surface area contributed by atoms with Crippen molar-refractivity contribution in [3.05, 3.63) is 80.5 Å². The maximum atomic E-state index is 13.4. The van der Waals surface area contributed by atoms with Gasteiger partial charge in [-0.2, -0.15) is 0 Å². The van der Waals surface area contributed by atoms with Gasteiger partial charge < -0.3 is 10.4 Å². The molecule has 4 rings (SSSR count). The molecule has 2 N–H and O–H groups in total. The third-order valence-corrected chi connectivity index (χ3v) is 6.15. The Morgan fingerprint density at radius 1 is 1.06 bits per heavy atom. The molecule has 162 valence electrons. The van der Waals surface area contributed by atoms with Gasteiger partial charge in [0.2, 0.25) is 5.91 Å². The highest BCUT2D eigenvalue weighted by molar-refractivity contribution is 7.17. The third-order valence-electron chi connectivity index (χ3n) is 5.28. The molecule has 2 aromatic carbocycles. The molecule has 0 aliphatic carbocycles. The second-order valence-corrected chi connectivity index (χ2v) is 8.50. The Hall–Kier alpha value is -3.78. The molecule has 2 heterocycles. The molecular formula is C24H21N3O4S. The molecule has 1 amide bonds. The number of benzene rings is 2. The zero-order chi connectivity index (χ0) is 23.0. The molecule has 2 aromatic heterocycles. The highest BCUT2D eigenvalue weighted by Crippen LogP contribution is 2.26. The number of fused-ring (bicyclic) bond motifs is 1. The van der Waals surface area contributed by atoms with E-state index < -0.39 is 17.4 Å². The van der Waals surface area contributed by atoms with Crippen LogP contribution in [-0.2, 0) is 11.3 Å². The van der Waals surface area contributed by atoms with E-state index in [2.05, 4.69) is 10.3 Å². The van der Waals surface area contributed by atoms with E-state index in [1.54, 1.807) is 0 Å². The van der Waals surface area contributed by atoms with Gasteiger partial charge in [-0.25, -0.2) is 9.78 Å². The molecule has 0 saturated heterocycles. The topological polar surface area (TPSA) is 101 Å². The maximum absolute atomic E-state index is 13.4. The zero-order valence-electron chi connectivity index (χ0n) is 17.8. The van der Waals surface area contributed by atoms with Crippen molar-refractivity contribution < 1.29 is 14.7 Å². The van der Waals surface area contributed by atoms with Gasteiger partial charge in [0.25, 0.3) is 5.56 Å². The lowest BCUT2D eigenvalue weighted by Gasteiger charge is -2.15. The summed E-state index contributed by atoms with van der Waals surface area (Å²) in [6.07, 6.45) is 0. The number of amides is 1. The van der Waals surface area contributed by atoms with Gasteiger partial charge in [0.1, 0.15) is 17.2 Å². The number of hydrogen-bond acceptors (Lipinski definition) is 5. The number of hydrogen-bond donors (Lipinski definition) is 2. The van der Waals surface area contributed by atoms with Crippen molar-refractivity contribution in [2.75, 3.05) is 5.32 Å². The zero-order valence-corrected chi connectivity index (χ0v) is 18.6. The Balaban J connectivity index is 1.84. The van der Waals surface area contributed by atoms with Gasteiger partial charge in [0, 0.05) is 16.6 Å². The first kappa shape index (κ1) is 21.5. The third kappa shape index (κ3) is 3.92. The van der Waals surface area contributed by atoms with Gasteiger partial charge in [-0.05, 0) is 31.9 Å². The lowest BCUT2D eigenvalue weighted by molar-refractivity contribution is -0.116. The van der Waals surface area contributed by atoms with Gasteiger partial charge in [-0.3, -0.25) is 14.2 Å². The van der Waals surface area contributed by atoms with Crippen molar-refractivity contribution in [3.63, 3.8) is 0 Å². The molecule has 8 heteroatoms. The molecule has 0 spiro atoms. The number of nitrogens with one attached hydrogen (secondary N) is 1. The standard InChI is InChI=1S/C24H21N3O4S/c1-13-7-9-16(10-8-13)21-26-22-19(17(12-32-22)24(30)31)23(29)27(21)11-18(28)25-20-14(2)5-4-6-15(20)3/h4-10,12H,11H2,1-3H3,(H,25,28)(H,30,31). The number of nitrogens with zero attached hydrogens (tertiary/aromatic N) is 2. The van der Waals surface area contributed by atoms with Crippen LogP contribution in [-0.4, -0.2) is 26.5 Å². The van der Waals surface area contributed by atoms with Crippen LogP contribution in [0.1, 0.15) is 27.0 Å². The molecular weight excluding hydrogens is 426 g/mol. The fourth-order valence-electron chi connectivity index (χ4n) is 3.59. The second kappa shape index (κ2) is 8.39. The van der Waals surface area contributed by atoms with Gasteiger partial charge >= 0.3 is 5.97 Å². The van der Waals surface area contributed by atoms with Gasteiger partial charge in [0.15, 0.2) is 0 Å². The summed E-state index contributed by atoms with van der Waals surface area (Å²) in [5.74, 6) is -1.28. The molecule has 0 fully saturated rings. The minimum absolute atomic E-state index is 0.0123. The van der Waals surface area contributed by atoms with Crippen LogP contribution in [0.25, 0.3) is 21.6 Å². The summed E-state index contributed by atoms with van der Waals surface area (Å²) >= 11 is 1.10. The predicted molar refractivity (Wildman–Crippen MR) is 126 cm³/mol. The van der Waals surface area contributed by atoms with Crippen molar-refractivity contribution in [2.24, 2.45) is 0 Å². The normalized spacial score (nSPS) is 11.0. The van der Waals surface area contributed by atoms with Crippen LogP contribution >= 0.6 is 11.3 Å². The summed E-state index contributed by atoms with van der Waals surface area (Å²) in [6.45, 7) is 5.44. The summed E-state index contributed by atoms with van der Waals surface area (Å²) in [5, 5.41) is 13.8. The number of carboxylic acids is 1. The van der Waals surface area contributed by atoms with Crippen molar-refractivity contribution in [2.45, 2.75) is 27.3 Å². The maximum Gasteiger partial charge on any atom is 0.337 e. The predicted octanol–water partition coefficient (Wildman–Crippen LogP) is 4.39. The number of aromatic nitrogens is 2. The van der Waals surface area contributed by atoms with E-state index in [1.165, 1.54) is 9.95 Å². The van der Waals surface area contributed by atoms with Crippen LogP contribution in [0.5, 0.6) is 0 Å². The van der Waals surface area contributed by atoms with Crippen molar-refractivity contribution in [3.8, 4) is 11.4 Å². The molecule has 0 radical (unpaired) electrons. The number of para-hydroxylation sites is 1. The Kier molecular flexibility index (Phi) is 5.63. The Labute approximate surface area is 188 Å². The first-order valence-electron chi connectivity index (χ1n) is 9.94. The van der Waals surface area contributed by atoms with E-state index >= 15 is 0 Å². The first-order chi connectivity index (χ1) is 15.3. The Bertz CT molecular complexity index is 1400. The van der Waals surface area contributed by atoms with Crippen molar-refractivity contribution in [1.29, 1.82) is 0 Å². The van der Waals surface area contributed by atoms with Crippen molar-refractivity contribution >= 4 is 39.1 Å². The summed E-state index contributed by atoms with van der Waals surface area (Å²) in [4.78, 5) is 42.9. The van der Waals surface area contributed by atoms with Crippen molar-refractivity contribution in [1.82, 2.24) is 9.55 Å². The van der Waals surface area contributed by atoms with Gasteiger partial charge in [0.05, 0.1) is 10.9 Å². The van der Waals surface area contributed by atoms with E-state index in [0.29, 0.717) is 21.9 Å². The number of aromatic carboxylic acids is 1. The molecule has 0 unspecified atom stereocenters.